The minimum Gasteiger partial charge on any atom is -0.410 e. The molecule has 0 saturated heterocycles. The summed E-state index contributed by atoms with van der Waals surface area (Å²) in [6.07, 6.45) is 0.0310. The second-order valence-electron chi connectivity index (χ2n) is 4.18. The lowest BCUT2D eigenvalue weighted by molar-refractivity contribution is 0.215. The van der Waals surface area contributed by atoms with Gasteiger partial charge in [-0.3, -0.25) is 5.32 Å². The van der Waals surface area contributed by atoms with E-state index in [9.17, 15) is 9.18 Å². The molecule has 5 heteroatoms. The zero-order chi connectivity index (χ0) is 14.4. The number of carbonyl (C=O) groups excluding carboxylic acids is 1. The summed E-state index contributed by atoms with van der Waals surface area (Å²) in [5.74, 6) is -0.123. The van der Waals surface area contributed by atoms with Crippen LogP contribution in [-0.4, -0.2) is 12.6 Å². The molecule has 0 atom stereocenters. The predicted octanol–water partition coefficient (Wildman–Crippen LogP) is 2.94. The minimum atomic E-state index is -0.735. The van der Waals surface area contributed by atoms with Crippen LogP contribution in [0.3, 0.4) is 0 Å². The average Bonchev–Trinajstić information content (AvgIpc) is 2.44. The second-order valence-corrected chi connectivity index (χ2v) is 4.18. The monoisotopic (exact) mass is 274 g/mol. The molecule has 0 aliphatic carbocycles. The molecule has 4 nitrogen and oxygen atoms in total. The molecule has 0 fully saturated rings. The van der Waals surface area contributed by atoms with Crippen molar-refractivity contribution in [2.24, 2.45) is 5.73 Å². The topological polar surface area (TPSA) is 64.3 Å². The number of amides is 1. The maximum absolute atomic E-state index is 13.3. The highest BCUT2D eigenvalue weighted by Crippen LogP contribution is 2.15. The van der Waals surface area contributed by atoms with E-state index in [-0.39, 0.29) is 5.69 Å². The van der Waals surface area contributed by atoms with Gasteiger partial charge in [-0.2, -0.15) is 0 Å². The lowest BCUT2D eigenvalue weighted by atomic mass is 10.1. The van der Waals surface area contributed by atoms with Crippen molar-refractivity contribution in [3.05, 3.63) is 59.9 Å². The zero-order valence-electron chi connectivity index (χ0n) is 10.8. The molecule has 20 heavy (non-hydrogen) atoms. The molecular weight excluding hydrogens is 259 g/mol. The number of halogens is 1. The van der Waals surface area contributed by atoms with Gasteiger partial charge in [0.25, 0.3) is 0 Å². The Balaban J connectivity index is 1.96. The summed E-state index contributed by atoms with van der Waals surface area (Å²) in [6.45, 7) is 0.563. The van der Waals surface area contributed by atoms with Gasteiger partial charge in [-0.25, -0.2) is 9.18 Å². The van der Waals surface area contributed by atoms with Gasteiger partial charge in [-0.15, -0.1) is 0 Å². The molecule has 3 N–H and O–H groups in total. The molecule has 2 aromatic rings. The maximum Gasteiger partial charge on any atom is 0.417 e. The summed E-state index contributed by atoms with van der Waals surface area (Å²) >= 11 is 0. The maximum atomic E-state index is 13.3. The average molecular weight is 274 g/mol. The van der Waals surface area contributed by atoms with E-state index in [1.165, 1.54) is 12.1 Å². The van der Waals surface area contributed by atoms with Crippen molar-refractivity contribution in [2.45, 2.75) is 6.42 Å². The van der Waals surface area contributed by atoms with E-state index < -0.39 is 11.9 Å². The lowest BCUT2D eigenvalue weighted by Crippen LogP contribution is -2.17. The van der Waals surface area contributed by atoms with E-state index in [0.29, 0.717) is 12.3 Å². The SMILES string of the molecule is NCCc1ccc(OC(=O)Nc2ccccc2F)cc1. The first-order valence-corrected chi connectivity index (χ1v) is 6.21. The fraction of sp³-hybridized carbons (Fsp3) is 0.133. The molecule has 0 aliphatic rings. The molecule has 2 rings (SSSR count). The molecule has 1 amide bonds. The van der Waals surface area contributed by atoms with Crippen molar-refractivity contribution >= 4 is 11.8 Å². The number of nitrogens with one attached hydrogen (secondary N) is 1. The van der Waals surface area contributed by atoms with Crippen molar-refractivity contribution < 1.29 is 13.9 Å². The zero-order valence-corrected chi connectivity index (χ0v) is 10.8. The standard InChI is InChI=1S/C15H15FN2O2/c16-13-3-1-2-4-14(13)18-15(19)20-12-7-5-11(6-8-12)9-10-17/h1-8H,9-10,17H2,(H,18,19). The molecule has 0 spiro atoms. The van der Waals surface area contributed by atoms with Gasteiger partial charge >= 0.3 is 6.09 Å². The highest BCUT2D eigenvalue weighted by molar-refractivity contribution is 5.86. The van der Waals surface area contributed by atoms with Gasteiger partial charge in [0, 0.05) is 0 Å². The number of ether oxygens (including phenoxy) is 1. The fourth-order valence-corrected chi connectivity index (χ4v) is 1.70. The van der Waals surface area contributed by atoms with Gasteiger partial charge in [0.1, 0.15) is 11.6 Å². The highest BCUT2D eigenvalue weighted by Gasteiger charge is 2.08. The number of rotatable bonds is 4. The normalized spacial score (nSPS) is 10.1. The van der Waals surface area contributed by atoms with Crippen molar-refractivity contribution in [2.75, 3.05) is 11.9 Å². The van der Waals surface area contributed by atoms with E-state index >= 15 is 0 Å². The van der Waals surface area contributed by atoms with Crippen LogP contribution in [0.1, 0.15) is 5.56 Å². The third kappa shape index (κ3) is 3.80. The Labute approximate surface area is 116 Å². The van der Waals surface area contributed by atoms with Crippen LogP contribution in [0.15, 0.2) is 48.5 Å². The van der Waals surface area contributed by atoms with Gasteiger partial charge in [-0.05, 0) is 42.8 Å². The molecule has 0 aromatic heterocycles. The fourth-order valence-electron chi connectivity index (χ4n) is 1.70. The van der Waals surface area contributed by atoms with E-state index in [1.54, 1.807) is 24.3 Å². The first-order valence-electron chi connectivity index (χ1n) is 6.21. The van der Waals surface area contributed by atoms with Gasteiger partial charge in [0.15, 0.2) is 0 Å². The largest absolute Gasteiger partial charge is 0.417 e. The van der Waals surface area contributed by atoms with Crippen LogP contribution in [0.25, 0.3) is 0 Å². The number of benzene rings is 2. The minimum absolute atomic E-state index is 0.0808. The molecule has 2 aromatic carbocycles. The number of hydrogen-bond acceptors (Lipinski definition) is 3. The summed E-state index contributed by atoms with van der Waals surface area (Å²) in [4.78, 5) is 11.6. The van der Waals surface area contributed by atoms with Crippen molar-refractivity contribution in [1.82, 2.24) is 0 Å². The molecule has 0 radical (unpaired) electrons. The first-order chi connectivity index (χ1) is 9.69. The van der Waals surface area contributed by atoms with Crippen LogP contribution >= 0.6 is 0 Å². The number of carbonyl (C=O) groups is 1. The Morgan fingerprint density at radius 2 is 1.85 bits per heavy atom. The highest BCUT2D eigenvalue weighted by atomic mass is 19.1. The van der Waals surface area contributed by atoms with E-state index in [0.717, 1.165) is 12.0 Å². The molecule has 104 valence electrons. The van der Waals surface area contributed by atoms with E-state index in [4.69, 9.17) is 10.5 Å². The summed E-state index contributed by atoms with van der Waals surface area (Å²) < 4.78 is 18.4. The number of anilines is 1. The summed E-state index contributed by atoms with van der Waals surface area (Å²) in [5, 5.41) is 2.34. The van der Waals surface area contributed by atoms with Crippen LogP contribution in [0.2, 0.25) is 0 Å². The van der Waals surface area contributed by atoms with Crippen molar-refractivity contribution in [1.29, 1.82) is 0 Å². The van der Waals surface area contributed by atoms with Crippen molar-refractivity contribution in [3.8, 4) is 5.75 Å². The van der Waals surface area contributed by atoms with E-state index in [1.807, 2.05) is 12.1 Å². The number of hydrogen-bond donors (Lipinski definition) is 2. The Bertz CT molecular complexity index is 585. The summed E-state index contributed by atoms with van der Waals surface area (Å²) in [6, 6.07) is 12.9. The van der Waals surface area contributed by atoms with Gasteiger partial charge < -0.3 is 10.5 Å². The molecule has 0 unspecified atom stereocenters. The Morgan fingerprint density at radius 3 is 2.50 bits per heavy atom. The quantitative estimate of drug-likeness (QED) is 0.901. The first kappa shape index (κ1) is 14.0. The molecule has 0 heterocycles. The van der Waals surface area contributed by atoms with Crippen LogP contribution in [0, 0.1) is 5.82 Å². The van der Waals surface area contributed by atoms with Gasteiger partial charge in [0.2, 0.25) is 0 Å². The number of nitrogens with two attached hydrogens (primary N) is 1. The molecular formula is C15H15FN2O2. The van der Waals surface area contributed by atoms with Crippen molar-refractivity contribution in [3.63, 3.8) is 0 Å². The third-order valence-electron chi connectivity index (χ3n) is 2.68. The Kier molecular flexibility index (Phi) is 4.68. The second kappa shape index (κ2) is 6.68. The van der Waals surface area contributed by atoms with Gasteiger partial charge in [0.05, 0.1) is 5.69 Å². The van der Waals surface area contributed by atoms with Gasteiger partial charge in [-0.1, -0.05) is 24.3 Å². The summed E-state index contributed by atoms with van der Waals surface area (Å²) in [7, 11) is 0. The third-order valence-corrected chi connectivity index (χ3v) is 2.68. The Hall–Kier alpha value is -2.40. The van der Waals surface area contributed by atoms with E-state index in [2.05, 4.69) is 5.32 Å². The van der Waals surface area contributed by atoms with Crippen LogP contribution in [-0.2, 0) is 6.42 Å². The van der Waals surface area contributed by atoms with Crippen LogP contribution in [0.4, 0.5) is 14.9 Å². The molecule has 0 saturated carbocycles. The number of para-hydroxylation sites is 1. The molecule has 0 aliphatic heterocycles. The van der Waals surface area contributed by atoms with Crippen LogP contribution in [0.5, 0.6) is 5.75 Å². The Morgan fingerprint density at radius 1 is 1.15 bits per heavy atom. The summed E-state index contributed by atoms with van der Waals surface area (Å²) in [5.41, 5.74) is 6.59. The molecule has 0 bridgehead atoms. The van der Waals surface area contributed by atoms with Crippen LogP contribution < -0.4 is 15.8 Å². The lowest BCUT2D eigenvalue weighted by Gasteiger charge is -2.07. The smallest absolute Gasteiger partial charge is 0.410 e. The predicted molar refractivity (Wildman–Crippen MR) is 75.2 cm³/mol.